The molecule has 0 aliphatic carbocycles. The van der Waals surface area contributed by atoms with E-state index in [4.69, 9.17) is 16.7 Å². The van der Waals surface area contributed by atoms with Gasteiger partial charge in [-0.05, 0) is 19.4 Å². The molecule has 0 aliphatic heterocycles. The minimum Gasteiger partial charge on any atom is -0.478 e. The monoisotopic (exact) mass is 264 g/mol. The number of benzene rings is 1. The number of aryl methyl sites for hydroxylation is 2. The van der Waals surface area contributed by atoms with Crippen molar-refractivity contribution in [2.24, 2.45) is 0 Å². The number of aromatic nitrogens is 2. The molecule has 0 bridgehead atoms. The second kappa shape index (κ2) is 4.82. The van der Waals surface area contributed by atoms with E-state index in [0.717, 1.165) is 11.1 Å². The highest BCUT2D eigenvalue weighted by Crippen LogP contribution is 2.20. The summed E-state index contributed by atoms with van der Waals surface area (Å²) in [6.45, 7) is 4.11. The van der Waals surface area contributed by atoms with Crippen molar-refractivity contribution in [1.82, 2.24) is 9.78 Å². The molecule has 0 fully saturated rings. The first-order valence-corrected chi connectivity index (χ1v) is 5.88. The summed E-state index contributed by atoms with van der Waals surface area (Å²) in [4.78, 5) is 11.0. The maximum Gasteiger partial charge on any atom is 0.340 e. The highest BCUT2D eigenvalue weighted by Gasteiger charge is 2.19. The van der Waals surface area contributed by atoms with Gasteiger partial charge in [0.15, 0.2) is 0 Å². The molecule has 5 heteroatoms. The molecule has 0 spiro atoms. The smallest absolute Gasteiger partial charge is 0.340 e. The summed E-state index contributed by atoms with van der Waals surface area (Å²) in [6, 6.07) is 7.93. The van der Waals surface area contributed by atoms with Gasteiger partial charge in [0.1, 0.15) is 10.7 Å². The summed E-state index contributed by atoms with van der Waals surface area (Å²) in [6.07, 6.45) is 0. The van der Waals surface area contributed by atoms with Crippen molar-refractivity contribution in [3.05, 3.63) is 51.8 Å². The molecule has 0 saturated carbocycles. The standard InChI is InChI=1S/C13H13ClN2O2/c1-8-4-3-5-10(6-8)7-16-12(14)11(13(17)18)9(2)15-16/h3-6H,7H2,1-2H3,(H,17,18). The van der Waals surface area contributed by atoms with Crippen molar-refractivity contribution >= 4 is 17.6 Å². The minimum atomic E-state index is -1.05. The van der Waals surface area contributed by atoms with Crippen LogP contribution in [0.3, 0.4) is 0 Å². The third-order valence-corrected chi connectivity index (χ3v) is 3.08. The molecule has 2 aromatic rings. The lowest BCUT2D eigenvalue weighted by molar-refractivity contribution is 0.0696. The number of carboxylic acid groups (broad SMARTS) is 1. The van der Waals surface area contributed by atoms with Crippen molar-refractivity contribution in [1.29, 1.82) is 0 Å². The first-order valence-electron chi connectivity index (χ1n) is 5.51. The molecule has 18 heavy (non-hydrogen) atoms. The molecule has 1 aromatic heterocycles. The van der Waals surface area contributed by atoms with Gasteiger partial charge in [-0.1, -0.05) is 41.4 Å². The van der Waals surface area contributed by atoms with Crippen molar-refractivity contribution in [3.8, 4) is 0 Å². The topological polar surface area (TPSA) is 55.1 Å². The Kier molecular flexibility index (Phi) is 3.39. The molecule has 4 nitrogen and oxygen atoms in total. The molecule has 2 rings (SSSR count). The Balaban J connectivity index is 2.36. The number of hydrogen-bond donors (Lipinski definition) is 1. The zero-order valence-electron chi connectivity index (χ0n) is 10.1. The van der Waals surface area contributed by atoms with Gasteiger partial charge in [-0.15, -0.1) is 0 Å². The first-order chi connectivity index (χ1) is 8.49. The predicted octanol–water partition coefficient (Wildman–Crippen LogP) is 2.90. The molecule has 94 valence electrons. The average molecular weight is 265 g/mol. The molecule has 0 atom stereocenters. The Morgan fingerprint density at radius 1 is 1.44 bits per heavy atom. The number of carboxylic acids is 1. The van der Waals surface area contributed by atoms with Crippen LogP contribution < -0.4 is 0 Å². The lowest BCUT2D eigenvalue weighted by atomic mass is 10.1. The lowest BCUT2D eigenvalue weighted by Crippen LogP contribution is -2.03. The van der Waals surface area contributed by atoms with Crippen LogP contribution in [0.25, 0.3) is 0 Å². The predicted molar refractivity (Wildman–Crippen MR) is 69.2 cm³/mol. The van der Waals surface area contributed by atoms with Gasteiger partial charge in [0.05, 0.1) is 12.2 Å². The van der Waals surface area contributed by atoms with Crippen LogP contribution >= 0.6 is 11.6 Å². The second-order valence-electron chi connectivity index (χ2n) is 4.20. The summed E-state index contributed by atoms with van der Waals surface area (Å²) in [5, 5.41) is 13.4. The second-order valence-corrected chi connectivity index (χ2v) is 4.56. The van der Waals surface area contributed by atoms with Crippen molar-refractivity contribution in [2.75, 3.05) is 0 Å². The van der Waals surface area contributed by atoms with Crippen molar-refractivity contribution < 1.29 is 9.90 Å². The zero-order chi connectivity index (χ0) is 13.3. The van der Waals surface area contributed by atoms with E-state index in [1.54, 1.807) is 6.92 Å². The van der Waals surface area contributed by atoms with E-state index < -0.39 is 5.97 Å². The number of rotatable bonds is 3. The minimum absolute atomic E-state index is 0.0734. The van der Waals surface area contributed by atoms with E-state index in [0.29, 0.717) is 12.2 Å². The molecule has 0 unspecified atom stereocenters. The van der Waals surface area contributed by atoms with Crippen LogP contribution in [0.1, 0.15) is 27.2 Å². The normalized spacial score (nSPS) is 10.6. The fourth-order valence-electron chi connectivity index (χ4n) is 1.88. The zero-order valence-corrected chi connectivity index (χ0v) is 10.9. The number of carbonyl (C=O) groups is 1. The van der Waals surface area contributed by atoms with Gasteiger partial charge in [-0.25, -0.2) is 9.48 Å². The van der Waals surface area contributed by atoms with E-state index in [2.05, 4.69) is 5.10 Å². The van der Waals surface area contributed by atoms with Gasteiger partial charge in [0, 0.05) is 0 Å². The number of hydrogen-bond acceptors (Lipinski definition) is 2. The summed E-state index contributed by atoms with van der Waals surface area (Å²) in [7, 11) is 0. The molecule has 0 radical (unpaired) electrons. The maximum atomic E-state index is 11.0. The number of halogens is 1. The van der Waals surface area contributed by atoms with E-state index in [9.17, 15) is 4.79 Å². The Hall–Kier alpha value is -1.81. The Morgan fingerprint density at radius 2 is 2.17 bits per heavy atom. The van der Waals surface area contributed by atoms with Gasteiger partial charge in [0.25, 0.3) is 0 Å². The fraction of sp³-hybridized carbons (Fsp3) is 0.231. The number of nitrogens with zero attached hydrogens (tertiary/aromatic N) is 2. The van der Waals surface area contributed by atoms with Crippen molar-refractivity contribution in [3.63, 3.8) is 0 Å². The van der Waals surface area contributed by atoms with E-state index in [-0.39, 0.29) is 10.7 Å². The van der Waals surface area contributed by atoms with Crippen LogP contribution in [-0.4, -0.2) is 20.9 Å². The maximum absolute atomic E-state index is 11.0. The molecule has 0 amide bonds. The van der Waals surface area contributed by atoms with Crippen LogP contribution in [0, 0.1) is 13.8 Å². The number of aromatic carboxylic acids is 1. The Morgan fingerprint density at radius 3 is 2.72 bits per heavy atom. The van der Waals surface area contributed by atoms with E-state index >= 15 is 0 Å². The summed E-state index contributed by atoms with van der Waals surface area (Å²) >= 11 is 6.03. The van der Waals surface area contributed by atoms with E-state index in [1.165, 1.54) is 4.68 Å². The molecule has 1 heterocycles. The van der Waals surface area contributed by atoms with Crippen LogP contribution in [0.15, 0.2) is 24.3 Å². The largest absolute Gasteiger partial charge is 0.478 e. The Bertz CT molecular complexity index is 605. The molecule has 1 N–H and O–H groups in total. The van der Waals surface area contributed by atoms with Crippen LogP contribution in [0.2, 0.25) is 5.15 Å². The third kappa shape index (κ3) is 2.38. The van der Waals surface area contributed by atoms with Crippen LogP contribution in [0.4, 0.5) is 0 Å². The molecule has 0 aliphatic rings. The van der Waals surface area contributed by atoms with Crippen LogP contribution in [-0.2, 0) is 6.54 Å². The molecular formula is C13H13ClN2O2. The molecule has 1 aromatic carbocycles. The lowest BCUT2D eigenvalue weighted by Gasteiger charge is -2.04. The summed E-state index contributed by atoms with van der Waals surface area (Å²) in [5.74, 6) is -1.05. The van der Waals surface area contributed by atoms with Gasteiger partial charge in [0.2, 0.25) is 0 Å². The van der Waals surface area contributed by atoms with Gasteiger partial charge >= 0.3 is 5.97 Å². The van der Waals surface area contributed by atoms with Crippen LogP contribution in [0.5, 0.6) is 0 Å². The molecular weight excluding hydrogens is 252 g/mol. The third-order valence-electron chi connectivity index (χ3n) is 2.69. The quantitative estimate of drug-likeness (QED) is 0.927. The molecule has 0 saturated heterocycles. The van der Waals surface area contributed by atoms with Gasteiger partial charge in [-0.2, -0.15) is 5.10 Å². The average Bonchev–Trinajstić information content (AvgIpc) is 2.54. The van der Waals surface area contributed by atoms with Gasteiger partial charge in [-0.3, -0.25) is 0 Å². The summed E-state index contributed by atoms with van der Waals surface area (Å²) < 4.78 is 1.51. The van der Waals surface area contributed by atoms with Gasteiger partial charge < -0.3 is 5.11 Å². The SMILES string of the molecule is Cc1cccc(Cn2nc(C)c(C(=O)O)c2Cl)c1. The highest BCUT2D eigenvalue weighted by molar-refractivity contribution is 6.32. The van der Waals surface area contributed by atoms with E-state index in [1.807, 2.05) is 31.2 Å². The van der Waals surface area contributed by atoms with Crippen molar-refractivity contribution in [2.45, 2.75) is 20.4 Å². The summed E-state index contributed by atoms with van der Waals surface area (Å²) in [5.41, 5.74) is 2.69. The first kappa shape index (κ1) is 12.6. The Labute approximate surface area is 110 Å². The highest BCUT2D eigenvalue weighted by atomic mass is 35.5. The fourth-order valence-corrected chi connectivity index (χ4v) is 2.20.